The van der Waals surface area contributed by atoms with Crippen LogP contribution in [-0.4, -0.2) is 36.7 Å². The third-order valence-electron chi connectivity index (χ3n) is 4.26. The van der Waals surface area contributed by atoms with E-state index in [2.05, 4.69) is 5.32 Å². The molecule has 1 aromatic carbocycles. The molecule has 1 heterocycles. The summed E-state index contributed by atoms with van der Waals surface area (Å²) in [5.41, 5.74) is -0.100. The van der Waals surface area contributed by atoms with Crippen LogP contribution in [-0.2, 0) is 19.7 Å². The van der Waals surface area contributed by atoms with Crippen LogP contribution in [0, 0.1) is 5.82 Å². The molecule has 6 heteroatoms. The van der Waals surface area contributed by atoms with Gasteiger partial charge in [-0.25, -0.2) is 4.39 Å². The Balaban J connectivity index is 2.03. The normalized spacial score (nSPS) is 16.7. The summed E-state index contributed by atoms with van der Waals surface area (Å²) in [4.78, 5) is 23.2. The highest BCUT2D eigenvalue weighted by Gasteiger charge is 2.41. The van der Waals surface area contributed by atoms with E-state index in [0.717, 1.165) is 0 Å². The predicted molar refractivity (Wildman–Crippen MR) is 82.6 cm³/mol. The minimum Gasteiger partial charge on any atom is -0.481 e. The van der Waals surface area contributed by atoms with Gasteiger partial charge in [-0.2, -0.15) is 0 Å². The maximum absolute atomic E-state index is 13.6. The molecule has 0 bridgehead atoms. The molecule has 0 atom stereocenters. The van der Waals surface area contributed by atoms with Crippen LogP contribution in [0.5, 0.6) is 0 Å². The number of rotatable bonds is 7. The number of amides is 1. The van der Waals surface area contributed by atoms with Crippen molar-refractivity contribution in [3.8, 4) is 0 Å². The zero-order valence-corrected chi connectivity index (χ0v) is 13.0. The van der Waals surface area contributed by atoms with E-state index in [-0.39, 0.29) is 18.1 Å². The van der Waals surface area contributed by atoms with Gasteiger partial charge in [-0.05, 0) is 43.4 Å². The van der Waals surface area contributed by atoms with E-state index in [9.17, 15) is 14.0 Å². The molecule has 1 saturated heterocycles. The number of hydrogen-bond acceptors (Lipinski definition) is 3. The Morgan fingerprint density at radius 1 is 1.26 bits per heavy atom. The highest BCUT2D eigenvalue weighted by Crippen LogP contribution is 2.35. The van der Waals surface area contributed by atoms with E-state index in [1.807, 2.05) is 0 Å². The van der Waals surface area contributed by atoms with Crippen LogP contribution in [0.1, 0.15) is 37.7 Å². The second-order valence-corrected chi connectivity index (χ2v) is 5.81. The first-order valence-corrected chi connectivity index (χ1v) is 7.88. The molecule has 5 nitrogen and oxygen atoms in total. The van der Waals surface area contributed by atoms with Crippen LogP contribution in [0.4, 0.5) is 4.39 Å². The number of carboxylic acid groups (broad SMARTS) is 1. The van der Waals surface area contributed by atoms with Gasteiger partial charge in [-0.3, -0.25) is 9.59 Å². The van der Waals surface area contributed by atoms with E-state index in [1.165, 1.54) is 12.1 Å². The standard InChI is InChI=1S/C17H22FNO4/c18-14-5-3-4-13(12-14)17(7-10-23-11-8-17)16(22)19-9-2-1-6-15(20)21/h3-5,12H,1-2,6-11H2,(H,19,22)(H,20,21). The maximum Gasteiger partial charge on any atom is 0.303 e. The molecule has 23 heavy (non-hydrogen) atoms. The third-order valence-corrected chi connectivity index (χ3v) is 4.26. The lowest BCUT2D eigenvalue weighted by molar-refractivity contribution is -0.137. The van der Waals surface area contributed by atoms with Crippen molar-refractivity contribution in [3.63, 3.8) is 0 Å². The molecule has 0 saturated carbocycles. The molecule has 126 valence electrons. The molecule has 0 radical (unpaired) electrons. The SMILES string of the molecule is O=C(O)CCCCNC(=O)C1(c2cccc(F)c2)CCOCC1. The number of nitrogens with one attached hydrogen (secondary N) is 1. The summed E-state index contributed by atoms with van der Waals surface area (Å²) < 4.78 is 18.9. The van der Waals surface area contributed by atoms with Crippen molar-refractivity contribution in [1.29, 1.82) is 0 Å². The monoisotopic (exact) mass is 323 g/mol. The average molecular weight is 323 g/mol. The van der Waals surface area contributed by atoms with Gasteiger partial charge < -0.3 is 15.2 Å². The number of ether oxygens (including phenoxy) is 1. The molecular weight excluding hydrogens is 301 g/mol. The molecule has 1 amide bonds. The molecular formula is C17H22FNO4. The Hall–Kier alpha value is -1.95. The minimum atomic E-state index is -0.836. The fourth-order valence-electron chi connectivity index (χ4n) is 2.93. The first-order chi connectivity index (χ1) is 11.0. The topological polar surface area (TPSA) is 75.6 Å². The molecule has 2 rings (SSSR count). The first kappa shape index (κ1) is 17.4. The van der Waals surface area contributed by atoms with Gasteiger partial charge in [-0.1, -0.05) is 12.1 Å². The van der Waals surface area contributed by atoms with Crippen LogP contribution in [0.2, 0.25) is 0 Å². The number of hydrogen-bond donors (Lipinski definition) is 2. The van der Waals surface area contributed by atoms with Gasteiger partial charge in [0.15, 0.2) is 0 Å². The van der Waals surface area contributed by atoms with Crippen molar-refractivity contribution in [2.24, 2.45) is 0 Å². The van der Waals surface area contributed by atoms with Crippen LogP contribution in [0.3, 0.4) is 0 Å². The largest absolute Gasteiger partial charge is 0.481 e. The Kier molecular flexibility index (Phi) is 6.10. The van der Waals surface area contributed by atoms with Crippen molar-refractivity contribution in [2.45, 2.75) is 37.5 Å². The van der Waals surface area contributed by atoms with Crippen molar-refractivity contribution in [2.75, 3.05) is 19.8 Å². The number of halogens is 1. The lowest BCUT2D eigenvalue weighted by Gasteiger charge is -2.36. The molecule has 0 aliphatic carbocycles. The van der Waals surface area contributed by atoms with Crippen LogP contribution in [0.15, 0.2) is 24.3 Å². The second-order valence-electron chi connectivity index (χ2n) is 5.81. The van der Waals surface area contributed by atoms with Crippen molar-refractivity contribution >= 4 is 11.9 Å². The summed E-state index contributed by atoms with van der Waals surface area (Å²) >= 11 is 0. The number of carboxylic acids is 1. The fraction of sp³-hybridized carbons (Fsp3) is 0.529. The summed E-state index contributed by atoms with van der Waals surface area (Å²) in [6.45, 7) is 1.34. The summed E-state index contributed by atoms with van der Waals surface area (Å²) in [6, 6.07) is 6.16. The van der Waals surface area contributed by atoms with Gasteiger partial charge >= 0.3 is 5.97 Å². The van der Waals surface area contributed by atoms with Gasteiger partial charge in [0.25, 0.3) is 0 Å². The molecule has 0 aromatic heterocycles. The number of unbranched alkanes of at least 4 members (excludes halogenated alkanes) is 1. The fourth-order valence-corrected chi connectivity index (χ4v) is 2.93. The molecule has 1 aromatic rings. The van der Waals surface area contributed by atoms with E-state index in [4.69, 9.17) is 9.84 Å². The second kappa shape index (κ2) is 8.06. The molecule has 0 unspecified atom stereocenters. The van der Waals surface area contributed by atoms with Crippen molar-refractivity contribution in [1.82, 2.24) is 5.32 Å². The Labute approximate surface area is 134 Å². The molecule has 0 spiro atoms. The minimum absolute atomic E-state index is 0.0960. The zero-order valence-electron chi connectivity index (χ0n) is 13.0. The highest BCUT2D eigenvalue weighted by atomic mass is 19.1. The van der Waals surface area contributed by atoms with E-state index >= 15 is 0 Å². The smallest absolute Gasteiger partial charge is 0.303 e. The Bertz CT molecular complexity index is 555. The van der Waals surface area contributed by atoms with Crippen LogP contribution in [0.25, 0.3) is 0 Å². The van der Waals surface area contributed by atoms with Gasteiger partial charge in [0.1, 0.15) is 5.82 Å². The summed E-state index contributed by atoms with van der Waals surface area (Å²) in [5, 5.41) is 11.5. The maximum atomic E-state index is 13.6. The molecule has 1 fully saturated rings. The zero-order chi connectivity index (χ0) is 16.7. The highest BCUT2D eigenvalue weighted by molar-refractivity contribution is 5.88. The van der Waals surface area contributed by atoms with Gasteiger partial charge in [0.05, 0.1) is 5.41 Å². The van der Waals surface area contributed by atoms with Crippen LogP contribution >= 0.6 is 0 Å². The van der Waals surface area contributed by atoms with Gasteiger partial charge in [0, 0.05) is 26.2 Å². The summed E-state index contributed by atoms with van der Waals surface area (Å²) in [6.07, 6.45) is 2.24. The van der Waals surface area contributed by atoms with E-state index in [1.54, 1.807) is 12.1 Å². The van der Waals surface area contributed by atoms with Crippen molar-refractivity contribution in [3.05, 3.63) is 35.6 Å². The Morgan fingerprint density at radius 3 is 2.65 bits per heavy atom. The van der Waals surface area contributed by atoms with Gasteiger partial charge in [-0.15, -0.1) is 0 Å². The van der Waals surface area contributed by atoms with E-state index < -0.39 is 11.4 Å². The number of carbonyl (C=O) groups excluding carboxylic acids is 1. The predicted octanol–water partition coefficient (Wildman–Crippen LogP) is 2.25. The number of benzene rings is 1. The van der Waals surface area contributed by atoms with Gasteiger partial charge in [0.2, 0.25) is 5.91 Å². The van der Waals surface area contributed by atoms with Crippen LogP contribution < -0.4 is 5.32 Å². The lowest BCUT2D eigenvalue weighted by atomic mass is 9.73. The first-order valence-electron chi connectivity index (χ1n) is 7.88. The summed E-state index contributed by atoms with van der Waals surface area (Å²) in [7, 11) is 0. The van der Waals surface area contributed by atoms with E-state index in [0.29, 0.717) is 51.0 Å². The number of aliphatic carboxylic acids is 1. The molecule has 2 N–H and O–H groups in total. The Morgan fingerprint density at radius 2 is 2.00 bits per heavy atom. The average Bonchev–Trinajstić information content (AvgIpc) is 2.54. The summed E-state index contributed by atoms with van der Waals surface area (Å²) in [5.74, 6) is -1.33. The molecule has 1 aliphatic heterocycles. The lowest BCUT2D eigenvalue weighted by Crippen LogP contribution is -2.48. The number of carbonyl (C=O) groups is 2. The quantitative estimate of drug-likeness (QED) is 0.755. The van der Waals surface area contributed by atoms with Crippen molar-refractivity contribution < 1.29 is 23.8 Å². The molecule has 1 aliphatic rings. The third kappa shape index (κ3) is 4.51.